The fourth-order valence-corrected chi connectivity index (χ4v) is 1.80. The Morgan fingerprint density at radius 2 is 1.29 bits per heavy atom. The average Bonchev–Trinajstić information content (AvgIpc) is 2.35. The minimum atomic E-state index is 0.812. The van der Waals surface area contributed by atoms with E-state index in [0.717, 1.165) is 32.8 Å². The lowest BCUT2D eigenvalue weighted by Crippen LogP contribution is -2.06. The van der Waals surface area contributed by atoms with E-state index in [2.05, 4.69) is 5.32 Å². The van der Waals surface area contributed by atoms with Gasteiger partial charge in [-0.1, -0.05) is 32.1 Å². The SMILES string of the molecule is CNCCCCCCCCCOCCCOC. The number of nitrogens with one attached hydrogen (secondary N) is 1. The summed E-state index contributed by atoms with van der Waals surface area (Å²) >= 11 is 0. The molecule has 0 unspecified atom stereocenters. The molecule has 0 bridgehead atoms. The third-order valence-electron chi connectivity index (χ3n) is 2.85. The summed E-state index contributed by atoms with van der Waals surface area (Å²) in [5, 5.41) is 3.18. The highest BCUT2D eigenvalue weighted by Crippen LogP contribution is 2.06. The van der Waals surface area contributed by atoms with Crippen LogP contribution < -0.4 is 5.32 Å². The Kier molecular flexibility index (Phi) is 15.8. The van der Waals surface area contributed by atoms with Crippen molar-refractivity contribution in [3.8, 4) is 0 Å². The van der Waals surface area contributed by atoms with Gasteiger partial charge in [-0.15, -0.1) is 0 Å². The maximum absolute atomic E-state index is 5.51. The minimum absolute atomic E-state index is 0.812. The molecule has 0 aromatic rings. The van der Waals surface area contributed by atoms with E-state index in [1.807, 2.05) is 7.05 Å². The summed E-state index contributed by atoms with van der Waals surface area (Å²) in [4.78, 5) is 0. The van der Waals surface area contributed by atoms with Crippen LogP contribution in [0.15, 0.2) is 0 Å². The molecule has 0 aromatic carbocycles. The lowest BCUT2D eigenvalue weighted by molar-refractivity contribution is 0.100. The topological polar surface area (TPSA) is 30.5 Å². The molecular weight excluding hydrogens is 214 g/mol. The molecule has 3 nitrogen and oxygen atoms in total. The second-order valence-corrected chi connectivity index (χ2v) is 4.54. The van der Waals surface area contributed by atoms with E-state index in [4.69, 9.17) is 9.47 Å². The first-order chi connectivity index (χ1) is 8.41. The Balaban J connectivity index is 2.85. The number of rotatable bonds is 14. The van der Waals surface area contributed by atoms with Gasteiger partial charge in [-0.3, -0.25) is 0 Å². The van der Waals surface area contributed by atoms with E-state index < -0.39 is 0 Å². The van der Waals surface area contributed by atoms with Crippen LogP contribution >= 0.6 is 0 Å². The highest BCUT2D eigenvalue weighted by atomic mass is 16.5. The van der Waals surface area contributed by atoms with Crippen LogP contribution in [-0.4, -0.2) is 40.5 Å². The van der Waals surface area contributed by atoms with Crippen molar-refractivity contribution >= 4 is 0 Å². The van der Waals surface area contributed by atoms with Crippen molar-refractivity contribution < 1.29 is 9.47 Å². The molecule has 104 valence electrons. The fourth-order valence-electron chi connectivity index (χ4n) is 1.80. The molecule has 0 amide bonds. The molecule has 17 heavy (non-hydrogen) atoms. The lowest BCUT2D eigenvalue weighted by atomic mass is 10.1. The highest BCUT2D eigenvalue weighted by Gasteiger charge is 1.92. The zero-order chi connectivity index (χ0) is 12.6. The molecule has 0 heterocycles. The van der Waals surface area contributed by atoms with Crippen molar-refractivity contribution in [2.24, 2.45) is 0 Å². The van der Waals surface area contributed by atoms with Gasteiger partial charge in [-0.2, -0.15) is 0 Å². The van der Waals surface area contributed by atoms with Gasteiger partial charge in [0.25, 0.3) is 0 Å². The second kappa shape index (κ2) is 15.9. The van der Waals surface area contributed by atoms with Crippen LogP contribution in [0.4, 0.5) is 0 Å². The van der Waals surface area contributed by atoms with Crippen molar-refractivity contribution in [3.05, 3.63) is 0 Å². The number of unbranched alkanes of at least 4 members (excludes halogenated alkanes) is 6. The number of hydrogen-bond acceptors (Lipinski definition) is 3. The molecule has 0 aliphatic rings. The third kappa shape index (κ3) is 15.9. The summed E-state index contributed by atoms with van der Waals surface area (Å²) < 4.78 is 10.5. The van der Waals surface area contributed by atoms with Crippen LogP contribution in [-0.2, 0) is 9.47 Å². The van der Waals surface area contributed by atoms with Crippen LogP contribution in [0.5, 0.6) is 0 Å². The summed E-state index contributed by atoms with van der Waals surface area (Å²) in [6.45, 7) is 3.74. The first-order valence-corrected chi connectivity index (χ1v) is 7.13. The molecule has 0 aromatic heterocycles. The monoisotopic (exact) mass is 245 g/mol. The number of hydrogen-bond donors (Lipinski definition) is 1. The summed E-state index contributed by atoms with van der Waals surface area (Å²) in [5.41, 5.74) is 0. The van der Waals surface area contributed by atoms with Gasteiger partial charge in [-0.05, 0) is 32.9 Å². The number of methoxy groups -OCH3 is 1. The van der Waals surface area contributed by atoms with E-state index in [1.165, 1.54) is 44.9 Å². The zero-order valence-corrected chi connectivity index (χ0v) is 11.8. The minimum Gasteiger partial charge on any atom is -0.385 e. The van der Waals surface area contributed by atoms with E-state index in [-0.39, 0.29) is 0 Å². The van der Waals surface area contributed by atoms with Gasteiger partial charge < -0.3 is 14.8 Å². The maximum Gasteiger partial charge on any atom is 0.0487 e. The van der Waals surface area contributed by atoms with E-state index in [1.54, 1.807) is 7.11 Å². The molecule has 3 heteroatoms. The van der Waals surface area contributed by atoms with Crippen LogP contribution in [0.3, 0.4) is 0 Å². The molecule has 0 rings (SSSR count). The first kappa shape index (κ1) is 16.9. The van der Waals surface area contributed by atoms with Gasteiger partial charge in [0.15, 0.2) is 0 Å². The Hall–Kier alpha value is -0.120. The third-order valence-corrected chi connectivity index (χ3v) is 2.85. The highest BCUT2D eigenvalue weighted by molar-refractivity contribution is 4.47. The van der Waals surface area contributed by atoms with Crippen LogP contribution in [0.1, 0.15) is 51.4 Å². The molecule has 0 atom stereocenters. The molecule has 0 aliphatic heterocycles. The predicted molar refractivity (Wildman–Crippen MR) is 73.6 cm³/mol. The van der Waals surface area contributed by atoms with Crippen molar-refractivity contribution in [2.45, 2.75) is 51.4 Å². The maximum atomic E-state index is 5.51. The molecule has 0 saturated heterocycles. The largest absolute Gasteiger partial charge is 0.385 e. The normalized spacial score (nSPS) is 10.9. The fraction of sp³-hybridized carbons (Fsp3) is 1.00. The smallest absolute Gasteiger partial charge is 0.0487 e. The van der Waals surface area contributed by atoms with Gasteiger partial charge in [0.05, 0.1) is 0 Å². The summed E-state index contributed by atoms with van der Waals surface area (Å²) in [5.74, 6) is 0. The molecular formula is C14H31NO2. The molecule has 1 N–H and O–H groups in total. The van der Waals surface area contributed by atoms with Gasteiger partial charge in [0, 0.05) is 26.9 Å². The summed E-state index contributed by atoms with van der Waals surface area (Å²) in [6, 6.07) is 0. The predicted octanol–water partition coefficient (Wildman–Crippen LogP) is 2.99. The quantitative estimate of drug-likeness (QED) is 0.477. The standard InChI is InChI=1S/C14H31NO2/c1-15-11-8-6-4-3-5-7-9-13-17-14-10-12-16-2/h15H,3-14H2,1-2H3. The van der Waals surface area contributed by atoms with Crippen LogP contribution in [0.25, 0.3) is 0 Å². The zero-order valence-electron chi connectivity index (χ0n) is 11.8. The first-order valence-electron chi connectivity index (χ1n) is 7.13. The Morgan fingerprint density at radius 3 is 1.94 bits per heavy atom. The van der Waals surface area contributed by atoms with Crippen LogP contribution in [0, 0.1) is 0 Å². The lowest BCUT2D eigenvalue weighted by Gasteiger charge is -2.04. The van der Waals surface area contributed by atoms with Crippen molar-refractivity contribution in [2.75, 3.05) is 40.5 Å². The van der Waals surface area contributed by atoms with Gasteiger partial charge in [-0.25, -0.2) is 0 Å². The van der Waals surface area contributed by atoms with E-state index >= 15 is 0 Å². The average molecular weight is 245 g/mol. The Bertz CT molecular complexity index is 117. The van der Waals surface area contributed by atoms with E-state index in [0.29, 0.717) is 0 Å². The van der Waals surface area contributed by atoms with Gasteiger partial charge in [0.2, 0.25) is 0 Å². The molecule has 0 spiro atoms. The number of ether oxygens (including phenoxy) is 2. The second-order valence-electron chi connectivity index (χ2n) is 4.54. The molecule has 0 aliphatic carbocycles. The summed E-state index contributed by atoms with van der Waals surface area (Å²) in [7, 11) is 3.75. The van der Waals surface area contributed by atoms with Crippen LogP contribution in [0.2, 0.25) is 0 Å². The molecule has 0 fully saturated rings. The van der Waals surface area contributed by atoms with Crippen molar-refractivity contribution in [3.63, 3.8) is 0 Å². The van der Waals surface area contributed by atoms with E-state index in [9.17, 15) is 0 Å². The Labute approximate surface area is 107 Å². The molecule has 0 saturated carbocycles. The van der Waals surface area contributed by atoms with Gasteiger partial charge >= 0.3 is 0 Å². The van der Waals surface area contributed by atoms with Gasteiger partial charge in [0.1, 0.15) is 0 Å². The molecule has 0 radical (unpaired) electrons. The Morgan fingerprint density at radius 1 is 0.706 bits per heavy atom. The summed E-state index contributed by atoms with van der Waals surface area (Å²) in [6.07, 6.45) is 10.4. The van der Waals surface area contributed by atoms with Crippen molar-refractivity contribution in [1.82, 2.24) is 5.32 Å². The van der Waals surface area contributed by atoms with Crippen molar-refractivity contribution in [1.29, 1.82) is 0 Å².